The van der Waals surface area contributed by atoms with Gasteiger partial charge in [0.15, 0.2) is 0 Å². The highest BCUT2D eigenvalue weighted by atomic mass is 32.2. The van der Waals surface area contributed by atoms with E-state index in [0.29, 0.717) is 23.4 Å². The van der Waals surface area contributed by atoms with E-state index in [4.69, 9.17) is 5.26 Å². The Morgan fingerprint density at radius 3 is 2.95 bits per heavy atom. The third-order valence-corrected chi connectivity index (χ3v) is 3.35. The average molecular weight is 284 g/mol. The van der Waals surface area contributed by atoms with Crippen LogP contribution in [0, 0.1) is 11.3 Å². The number of nitrogens with one attached hydrogen (secondary N) is 1. The highest BCUT2D eigenvalue weighted by molar-refractivity contribution is 7.99. The largest absolute Gasteiger partial charge is 0.325 e. The van der Waals surface area contributed by atoms with Crippen molar-refractivity contribution in [1.82, 2.24) is 9.97 Å². The predicted octanol–water partition coefficient (Wildman–Crippen LogP) is 2.47. The topological polar surface area (TPSA) is 78.7 Å². The minimum Gasteiger partial charge on any atom is -0.325 e. The molecule has 100 valence electrons. The van der Waals surface area contributed by atoms with Crippen molar-refractivity contribution >= 4 is 23.4 Å². The molecule has 0 aliphatic heterocycles. The van der Waals surface area contributed by atoms with E-state index in [1.807, 2.05) is 6.07 Å². The number of hydrogen-bond acceptors (Lipinski definition) is 5. The molecule has 0 bridgehead atoms. The second kappa shape index (κ2) is 7.26. The fraction of sp³-hybridized carbons (Fsp3) is 0.143. The number of carbonyl (C=O) groups is 1. The number of nitriles is 1. The quantitative estimate of drug-likeness (QED) is 0.853. The molecule has 0 spiro atoms. The van der Waals surface area contributed by atoms with Gasteiger partial charge < -0.3 is 5.32 Å². The normalized spacial score (nSPS) is 9.75. The van der Waals surface area contributed by atoms with Crippen LogP contribution in [-0.4, -0.2) is 21.6 Å². The van der Waals surface area contributed by atoms with Crippen LogP contribution in [-0.2, 0) is 4.79 Å². The van der Waals surface area contributed by atoms with E-state index in [1.54, 1.807) is 42.9 Å². The van der Waals surface area contributed by atoms with E-state index in [9.17, 15) is 4.79 Å². The molecule has 1 aromatic heterocycles. The zero-order valence-corrected chi connectivity index (χ0v) is 11.4. The molecule has 2 aromatic rings. The lowest BCUT2D eigenvalue weighted by Crippen LogP contribution is -2.13. The molecular weight excluding hydrogens is 272 g/mol. The van der Waals surface area contributed by atoms with Gasteiger partial charge in [0, 0.05) is 24.6 Å². The number of hydrogen-bond donors (Lipinski definition) is 1. The van der Waals surface area contributed by atoms with E-state index >= 15 is 0 Å². The second-order valence-corrected chi connectivity index (χ2v) is 4.96. The van der Waals surface area contributed by atoms with Gasteiger partial charge in [-0.2, -0.15) is 5.26 Å². The maximum Gasteiger partial charge on any atom is 0.225 e. The van der Waals surface area contributed by atoms with Crippen LogP contribution >= 0.6 is 11.8 Å². The van der Waals surface area contributed by atoms with Crippen molar-refractivity contribution in [3.8, 4) is 6.07 Å². The van der Waals surface area contributed by atoms with Gasteiger partial charge in [-0.3, -0.25) is 9.78 Å². The lowest BCUT2D eigenvalue weighted by Gasteiger charge is -2.06. The Kier molecular flexibility index (Phi) is 5.09. The van der Waals surface area contributed by atoms with Crippen molar-refractivity contribution in [1.29, 1.82) is 5.26 Å². The summed E-state index contributed by atoms with van der Waals surface area (Å²) in [5, 5.41) is 12.5. The molecule has 0 saturated carbocycles. The van der Waals surface area contributed by atoms with Crippen molar-refractivity contribution in [3.05, 3.63) is 48.4 Å². The first-order chi connectivity index (χ1) is 9.79. The Morgan fingerprint density at radius 1 is 1.35 bits per heavy atom. The Bertz CT molecular complexity index is 625. The fourth-order valence-electron chi connectivity index (χ4n) is 1.51. The van der Waals surface area contributed by atoms with E-state index in [-0.39, 0.29) is 5.91 Å². The molecule has 5 nitrogen and oxygen atoms in total. The summed E-state index contributed by atoms with van der Waals surface area (Å²) in [6.07, 6.45) is 5.23. The molecule has 0 atom stereocenters. The van der Waals surface area contributed by atoms with Crippen LogP contribution in [0.2, 0.25) is 0 Å². The van der Waals surface area contributed by atoms with E-state index in [1.165, 1.54) is 11.8 Å². The van der Waals surface area contributed by atoms with Crippen molar-refractivity contribution in [2.75, 3.05) is 11.1 Å². The summed E-state index contributed by atoms with van der Waals surface area (Å²) in [6.45, 7) is 0. The van der Waals surface area contributed by atoms with Gasteiger partial charge in [0.1, 0.15) is 11.1 Å². The summed E-state index contributed by atoms with van der Waals surface area (Å²) in [6, 6.07) is 8.97. The standard InChI is InChI=1S/C14H12N4OS/c15-9-11-3-1-2-4-12(11)18-13(19)5-8-20-14-10-16-6-7-17-14/h1-4,6-7,10H,5,8H2,(H,18,19). The maximum absolute atomic E-state index is 11.8. The summed E-state index contributed by atoms with van der Waals surface area (Å²) in [7, 11) is 0. The molecule has 1 aromatic carbocycles. The van der Waals surface area contributed by atoms with E-state index < -0.39 is 0 Å². The molecular formula is C14H12N4OS. The van der Waals surface area contributed by atoms with Gasteiger partial charge in [-0.15, -0.1) is 11.8 Å². The average Bonchev–Trinajstić information content (AvgIpc) is 2.49. The van der Waals surface area contributed by atoms with Crippen molar-refractivity contribution in [2.45, 2.75) is 11.4 Å². The highest BCUT2D eigenvalue weighted by Gasteiger charge is 2.06. The van der Waals surface area contributed by atoms with E-state index in [2.05, 4.69) is 15.3 Å². The van der Waals surface area contributed by atoms with Crippen LogP contribution in [0.25, 0.3) is 0 Å². The predicted molar refractivity (Wildman–Crippen MR) is 77.2 cm³/mol. The van der Waals surface area contributed by atoms with Crippen molar-refractivity contribution < 1.29 is 4.79 Å². The van der Waals surface area contributed by atoms with Gasteiger partial charge in [0.2, 0.25) is 5.91 Å². The van der Waals surface area contributed by atoms with Gasteiger partial charge in [0.25, 0.3) is 0 Å². The molecule has 0 saturated heterocycles. The Morgan fingerprint density at radius 2 is 2.20 bits per heavy atom. The van der Waals surface area contributed by atoms with Crippen LogP contribution in [0.15, 0.2) is 47.9 Å². The first-order valence-corrected chi connectivity index (χ1v) is 6.96. The molecule has 6 heteroatoms. The molecule has 1 heterocycles. The zero-order chi connectivity index (χ0) is 14.2. The summed E-state index contributed by atoms with van der Waals surface area (Å²) in [5.74, 6) is 0.489. The Balaban J connectivity index is 1.83. The number of rotatable bonds is 5. The number of benzene rings is 1. The van der Waals surface area contributed by atoms with Crippen LogP contribution < -0.4 is 5.32 Å². The number of para-hydroxylation sites is 1. The minimum absolute atomic E-state index is 0.121. The lowest BCUT2D eigenvalue weighted by molar-refractivity contribution is -0.115. The smallest absolute Gasteiger partial charge is 0.225 e. The third kappa shape index (κ3) is 4.07. The van der Waals surface area contributed by atoms with Crippen molar-refractivity contribution in [3.63, 3.8) is 0 Å². The molecule has 1 amide bonds. The number of thioether (sulfide) groups is 1. The maximum atomic E-state index is 11.8. The lowest BCUT2D eigenvalue weighted by atomic mass is 10.2. The molecule has 0 aliphatic carbocycles. The molecule has 0 fully saturated rings. The first kappa shape index (κ1) is 14.0. The highest BCUT2D eigenvalue weighted by Crippen LogP contribution is 2.16. The molecule has 0 unspecified atom stereocenters. The van der Waals surface area contributed by atoms with Crippen LogP contribution in [0.4, 0.5) is 5.69 Å². The Hall–Kier alpha value is -2.39. The second-order valence-electron chi connectivity index (χ2n) is 3.85. The molecule has 2 rings (SSSR count). The number of carbonyl (C=O) groups excluding carboxylic acids is 1. The molecule has 20 heavy (non-hydrogen) atoms. The van der Waals surface area contributed by atoms with E-state index in [0.717, 1.165) is 5.03 Å². The number of anilines is 1. The van der Waals surface area contributed by atoms with Crippen molar-refractivity contribution in [2.24, 2.45) is 0 Å². The monoisotopic (exact) mass is 284 g/mol. The zero-order valence-electron chi connectivity index (χ0n) is 10.6. The summed E-state index contributed by atoms with van der Waals surface area (Å²) >= 11 is 1.47. The summed E-state index contributed by atoms with van der Waals surface area (Å²) < 4.78 is 0. The number of amides is 1. The van der Waals surface area contributed by atoms with Gasteiger partial charge in [-0.25, -0.2) is 4.98 Å². The third-order valence-electron chi connectivity index (χ3n) is 2.44. The first-order valence-electron chi connectivity index (χ1n) is 5.97. The SMILES string of the molecule is N#Cc1ccccc1NC(=O)CCSc1cnccn1. The molecule has 0 aliphatic rings. The van der Waals surface area contributed by atoms with Gasteiger partial charge >= 0.3 is 0 Å². The molecule has 0 radical (unpaired) electrons. The minimum atomic E-state index is -0.121. The molecule has 1 N–H and O–H groups in total. The van der Waals surface area contributed by atoms with Crippen LogP contribution in [0.5, 0.6) is 0 Å². The summed E-state index contributed by atoms with van der Waals surface area (Å²) in [4.78, 5) is 19.9. The van der Waals surface area contributed by atoms with Crippen LogP contribution in [0.3, 0.4) is 0 Å². The Labute approximate surface area is 121 Å². The number of nitrogens with zero attached hydrogens (tertiary/aromatic N) is 3. The van der Waals surface area contributed by atoms with Gasteiger partial charge in [-0.1, -0.05) is 12.1 Å². The van der Waals surface area contributed by atoms with Crippen LogP contribution in [0.1, 0.15) is 12.0 Å². The number of aromatic nitrogens is 2. The van der Waals surface area contributed by atoms with Gasteiger partial charge in [-0.05, 0) is 12.1 Å². The van der Waals surface area contributed by atoms with Gasteiger partial charge in [0.05, 0.1) is 17.4 Å². The fourth-order valence-corrected chi connectivity index (χ4v) is 2.28. The summed E-state index contributed by atoms with van der Waals surface area (Å²) in [5.41, 5.74) is 1.01.